The van der Waals surface area contributed by atoms with Gasteiger partial charge in [-0.05, 0) is 49.1 Å². The molecule has 2 bridgehead atoms. The number of aromatic nitrogens is 3. The van der Waals surface area contributed by atoms with E-state index < -0.39 is 10.8 Å². The van der Waals surface area contributed by atoms with Crippen LogP contribution in [0.5, 0.6) is 5.75 Å². The molecule has 0 radical (unpaired) electrons. The molecule has 3 aromatic rings. The van der Waals surface area contributed by atoms with Crippen LogP contribution in [0.15, 0.2) is 52.5 Å². The maximum Gasteiger partial charge on any atom is 0.320 e. The van der Waals surface area contributed by atoms with Crippen LogP contribution in [0, 0.1) is 16.0 Å². The van der Waals surface area contributed by atoms with Crippen molar-refractivity contribution >= 4 is 17.8 Å². The van der Waals surface area contributed by atoms with Gasteiger partial charge in [-0.3, -0.25) is 29.3 Å². The molecule has 12 heteroatoms. The van der Waals surface area contributed by atoms with Gasteiger partial charge in [0.2, 0.25) is 5.69 Å². The van der Waals surface area contributed by atoms with Crippen LogP contribution in [-0.4, -0.2) is 56.0 Å². The first-order valence-electron chi connectivity index (χ1n) is 12.5. The van der Waals surface area contributed by atoms with Crippen molar-refractivity contribution in [1.29, 1.82) is 0 Å². The van der Waals surface area contributed by atoms with Crippen LogP contribution in [0.3, 0.4) is 0 Å². The summed E-state index contributed by atoms with van der Waals surface area (Å²) in [5, 5.41) is 19.0. The summed E-state index contributed by atoms with van der Waals surface area (Å²) in [4.78, 5) is 37.6. The number of likely N-dealkylation sites (tertiary alicyclic amines) is 1. The van der Waals surface area contributed by atoms with E-state index in [2.05, 4.69) is 26.6 Å². The van der Waals surface area contributed by atoms with E-state index in [9.17, 15) is 19.7 Å². The Balaban J connectivity index is 1.30. The number of pyridine rings is 1. The van der Waals surface area contributed by atoms with Gasteiger partial charge in [0.1, 0.15) is 11.9 Å². The van der Waals surface area contributed by atoms with Gasteiger partial charge in [0.15, 0.2) is 0 Å². The lowest BCUT2D eigenvalue weighted by Gasteiger charge is -2.43. The van der Waals surface area contributed by atoms with Crippen molar-refractivity contribution in [3.05, 3.63) is 85.6 Å². The second kappa shape index (κ2) is 10.6. The number of hydrogen-bond donors (Lipinski definition) is 1. The summed E-state index contributed by atoms with van der Waals surface area (Å²) >= 11 is 0. The molecule has 198 valence electrons. The van der Waals surface area contributed by atoms with Gasteiger partial charge < -0.3 is 9.30 Å². The van der Waals surface area contributed by atoms with Crippen LogP contribution in [0.25, 0.3) is 0 Å². The molecule has 0 aliphatic carbocycles. The van der Waals surface area contributed by atoms with Crippen molar-refractivity contribution in [2.24, 2.45) is 18.1 Å². The SMILES string of the molecule is CCOc1ccc(/C=N/NC(=O)c2nn(C)cc2[N+](=O)[O-])cc1CN1CC2CC(C1)c1cccc(=O)n1C2. The smallest absolute Gasteiger partial charge is 0.320 e. The van der Waals surface area contributed by atoms with Crippen molar-refractivity contribution in [3.63, 3.8) is 0 Å². The molecular weight excluding hydrogens is 490 g/mol. The van der Waals surface area contributed by atoms with E-state index in [4.69, 9.17) is 4.74 Å². The van der Waals surface area contributed by atoms with E-state index >= 15 is 0 Å². The highest BCUT2D eigenvalue weighted by Crippen LogP contribution is 2.36. The van der Waals surface area contributed by atoms with Crippen molar-refractivity contribution in [2.75, 3.05) is 19.7 Å². The van der Waals surface area contributed by atoms with Crippen LogP contribution < -0.4 is 15.7 Å². The zero-order chi connectivity index (χ0) is 26.8. The molecule has 0 spiro atoms. The summed E-state index contributed by atoms with van der Waals surface area (Å²) in [7, 11) is 1.50. The van der Waals surface area contributed by atoms with Crippen LogP contribution in [-0.2, 0) is 20.1 Å². The lowest BCUT2D eigenvalue weighted by molar-refractivity contribution is -0.385. The minimum Gasteiger partial charge on any atom is -0.494 e. The molecule has 0 saturated carbocycles. The Bertz CT molecular complexity index is 1460. The van der Waals surface area contributed by atoms with E-state index in [-0.39, 0.29) is 16.9 Å². The number of amides is 1. The number of benzene rings is 1. The fourth-order valence-electron chi connectivity index (χ4n) is 5.45. The molecule has 2 unspecified atom stereocenters. The lowest BCUT2D eigenvalue weighted by Crippen LogP contribution is -2.46. The predicted molar refractivity (Wildman–Crippen MR) is 139 cm³/mol. The number of piperidine rings is 1. The highest BCUT2D eigenvalue weighted by Gasteiger charge is 2.34. The quantitative estimate of drug-likeness (QED) is 0.274. The maximum absolute atomic E-state index is 12.4. The average Bonchev–Trinajstić information content (AvgIpc) is 3.28. The molecule has 2 aliphatic rings. The Morgan fingerprint density at radius 3 is 2.92 bits per heavy atom. The number of aryl methyl sites for hydroxylation is 1. The van der Waals surface area contributed by atoms with Crippen LogP contribution in [0.2, 0.25) is 0 Å². The molecule has 4 heterocycles. The van der Waals surface area contributed by atoms with Gasteiger partial charge >= 0.3 is 5.69 Å². The summed E-state index contributed by atoms with van der Waals surface area (Å²) in [5.74, 6) is 0.735. The normalized spacial score (nSPS) is 18.8. The standard InChI is InChI=1S/C26H29N7O5/c1-3-38-23-8-7-17(11-27-28-26(35)25-22(33(36)37)16-30(2)29-25)9-20(23)15-31-12-18-10-19(14-31)21-5-4-6-24(34)32(21)13-18/h4-9,11,16,18-19H,3,10,12-15H2,1-2H3,(H,28,35)/b27-11+. The number of carbonyl (C=O) groups excluding carboxylic acids is 1. The van der Waals surface area contributed by atoms with Crippen molar-refractivity contribution in [2.45, 2.75) is 32.4 Å². The first-order chi connectivity index (χ1) is 18.3. The molecular formula is C26H29N7O5. The van der Waals surface area contributed by atoms with Crippen molar-refractivity contribution in [3.8, 4) is 5.75 Å². The molecule has 1 fully saturated rings. The highest BCUT2D eigenvalue weighted by atomic mass is 16.6. The summed E-state index contributed by atoms with van der Waals surface area (Å²) in [6.07, 6.45) is 3.74. The third-order valence-corrected chi connectivity index (χ3v) is 6.93. The molecule has 1 N–H and O–H groups in total. The Morgan fingerprint density at radius 1 is 1.29 bits per heavy atom. The molecule has 5 rings (SSSR count). The third kappa shape index (κ3) is 5.21. The zero-order valence-electron chi connectivity index (χ0n) is 21.2. The highest BCUT2D eigenvalue weighted by molar-refractivity contribution is 5.96. The van der Waals surface area contributed by atoms with Gasteiger partial charge in [-0.2, -0.15) is 10.2 Å². The molecule has 2 atom stereocenters. The number of nitro groups is 1. The van der Waals surface area contributed by atoms with Gasteiger partial charge in [0, 0.05) is 56.5 Å². The predicted octanol–water partition coefficient (Wildman–Crippen LogP) is 2.27. The second-order valence-corrected chi connectivity index (χ2v) is 9.69. The maximum atomic E-state index is 12.4. The van der Waals surface area contributed by atoms with Gasteiger partial charge in [-0.25, -0.2) is 5.43 Å². The monoisotopic (exact) mass is 519 g/mol. The first-order valence-corrected chi connectivity index (χ1v) is 12.5. The molecule has 12 nitrogen and oxygen atoms in total. The Labute approximate surface area is 218 Å². The van der Waals surface area contributed by atoms with E-state index in [1.165, 1.54) is 24.1 Å². The molecule has 38 heavy (non-hydrogen) atoms. The topological polar surface area (TPSA) is 137 Å². The number of hydrogen-bond acceptors (Lipinski definition) is 8. The second-order valence-electron chi connectivity index (χ2n) is 9.69. The molecule has 1 aromatic carbocycles. The van der Waals surface area contributed by atoms with Crippen molar-refractivity contribution < 1.29 is 14.5 Å². The van der Waals surface area contributed by atoms with Gasteiger partial charge in [-0.15, -0.1) is 0 Å². The summed E-state index contributed by atoms with van der Waals surface area (Å²) in [6.45, 7) is 5.61. The van der Waals surface area contributed by atoms with Crippen LogP contribution in [0.1, 0.15) is 46.6 Å². The summed E-state index contributed by atoms with van der Waals surface area (Å²) < 4.78 is 9.01. The number of carbonyl (C=O) groups is 1. The Kier molecular flexibility index (Phi) is 7.05. The van der Waals surface area contributed by atoms with Gasteiger partial charge in [-0.1, -0.05) is 6.07 Å². The minimum absolute atomic E-state index is 0.0704. The van der Waals surface area contributed by atoms with E-state index in [0.29, 0.717) is 25.0 Å². The lowest BCUT2D eigenvalue weighted by atomic mass is 9.83. The summed E-state index contributed by atoms with van der Waals surface area (Å²) in [6, 6.07) is 11.2. The third-order valence-electron chi connectivity index (χ3n) is 6.93. The summed E-state index contributed by atoms with van der Waals surface area (Å²) in [5.41, 5.74) is 4.54. The van der Waals surface area contributed by atoms with E-state index in [1.807, 2.05) is 35.8 Å². The average molecular weight is 520 g/mol. The number of ether oxygens (including phenoxy) is 1. The molecule has 2 aromatic heterocycles. The Hall–Kier alpha value is -4.32. The van der Waals surface area contributed by atoms with E-state index in [1.54, 1.807) is 6.07 Å². The van der Waals surface area contributed by atoms with Gasteiger partial charge in [0.05, 0.1) is 17.7 Å². The number of nitrogens with zero attached hydrogens (tertiary/aromatic N) is 6. The van der Waals surface area contributed by atoms with E-state index in [0.717, 1.165) is 48.6 Å². The molecule has 1 saturated heterocycles. The zero-order valence-corrected chi connectivity index (χ0v) is 21.2. The minimum atomic E-state index is -0.765. The molecule has 2 aliphatic heterocycles. The number of hydrazone groups is 1. The Morgan fingerprint density at radius 2 is 2.13 bits per heavy atom. The van der Waals surface area contributed by atoms with Crippen LogP contribution >= 0.6 is 0 Å². The number of fused-ring (bicyclic) bond motifs is 4. The number of rotatable bonds is 8. The fourth-order valence-corrected chi connectivity index (χ4v) is 5.45. The van der Waals surface area contributed by atoms with Crippen LogP contribution in [0.4, 0.5) is 5.69 Å². The number of nitrogens with one attached hydrogen (secondary N) is 1. The van der Waals surface area contributed by atoms with Gasteiger partial charge in [0.25, 0.3) is 11.5 Å². The fraction of sp³-hybridized carbons (Fsp3) is 0.385. The first kappa shape index (κ1) is 25.3. The molecule has 1 amide bonds. The van der Waals surface area contributed by atoms with Crippen molar-refractivity contribution in [1.82, 2.24) is 24.7 Å². The largest absolute Gasteiger partial charge is 0.494 e.